The van der Waals surface area contributed by atoms with Crippen LogP contribution in [0, 0.1) is 19.8 Å². The van der Waals surface area contributed by atoms with Gasteiger partial charge in [-0.1, -0.05) is 24.8 Å². The molecule has 8 bridgehead atoms. The normalized spacial score (nSPS) is 17.3. The number of hydrogen-bond donors (Lipinski definition) is 7. The van der Waals surface area contributed by atoms with E-state index in [0.717, 1.165) is 22.3 Å². The first kappa shape index (κ1) is 43.7. The second kappa shape index (κ2) is 18.2. The fourth-order valence-electron chi connectivity index (χ4n) is 8.33. The average Bonchev–Trinajstić information content (AvgIpc) is 3.90. The summed E-state index contributed by atoms with van der Waals surface area (Å²) in [6.07, 6.45) is 4.19. The van der Waals surface area contributed by atoms with Gasteiger partial charge in [0.2, 0.25) is 0 Å². The summed E-state index contributed by atoms with van der Waals surface area (Å²) < 4.78 is 10.4. The van der Waals surface area contributed by atoms with Crippen LogP contribution in [0.2, 0.25) is 0 Å². The van der Waals surface area contributed by atoms with E-state index in [0.29, 0.717) is 61.5 Å². The number of nitrogens with zero attached hydrogens (tertiary/aromatic N) is 2. The molecule has 0 saturated carbocycles. The zero-order valence-corrected chi connectivity index (χ0v) is 34.1. The zero-order chi connectivity index (χ0) is 43.5. The van der Waals surface area contributed by atoms with Crippen molar-refractivity contribution >= 4 is 68.4 Å². The number of aryl methyl sites for hydroxylation is 3. The molecule has 2 atom stereocenters. The van der Waals surface area contributed by atoms with Crippen LogP contribution in [0.5, 0.6) is 0 Å². The number of aromatic amines is 2. The lowest BCUT2D eigenvalue weighted by atomic mass is 9.62. The summed E-state index contributed by atoms with van der Waals surface area (Å²) in [6, 6.07) is 7.35. The molecule has 0 aromatic carbocycles. The van der Waals surface area contributed by atoms with Crippen molar-refractivity contribution in [2.75, 3.05) is 39.6 Å². The van der Waals surface area contributed by atoms with Gasteiger partial charge in [0, 0.05) is 46.0 Å². The second-order valence-corrected chi connectivity index (χ2v) is 15.2. The monoisotopic (exact) mass is 822 g/mol. The van der Waals surface area contributed by atoms with Gasteiger partial charge in [-0.05, 0) is 98.2 Å². The summed E-state index contributed by atoms with van der Waals surface area (Å²) in [5, 5.41) is 48.4. The highest BCUT2D eigenvalue weighted by molar-refractivity contribution is 6.07. The van der Waals surface area contributed by atoms with E-state index < -0.39 is 67.4 Å². The largest absolute Gasteiger partial charge is 0.463 e. The summed E-state index contributed by atoms with van der Waals surface area (Å²) in [5.41, 5.74) is 8.54. The number of fused-ring (bicyclic) bond motifs is 11. The molecule has 0 saturated heterocycles. The Morgan fingerprint density at radius 2 is 1.48 bits per heavy atom. The van der Waals surface area contributed by atoms with Crippen molar-refractivity contribution in [2.45, 2.75) is 64.9 Å². The fraction of sp³-hybridized carbons (Fsp3) is 0.378. The topological polar surface area (TPSA) is 245 Å². The highest BCUT2D eigenvalue weighted by Crippen LogP contribution is 2.52. The Balaban J connectivity index is 1.69. The molecule has 0 spiro atoms. The molecule has 15 heteroatoms. The number of carbonyl (C=O) groups is 4. The summed E-state index contributed by atoms with van der Waals surface area (Å²) >= 11 is 0. The first-order valence-electron chi connectivity index (χ1n) is 19.7. The van der Waals surface area contributed by atoms with E-state index in [2.05, 4.69) is 16.5 Å². The van der Waals surface area contributed by atoms with Crippen LogP contribution in [0.25, 0.3) is 44.9 Å². The number of allylic oxidation sites excluding steroid dienone is 5. The number of aliphatic hydroxyl groups is 5. The van der Waals surface area contributed by atoms with E-state index in [1.54, 1.807) is 25.1 Å². The highest BCUT2D eigenvalue weighted by Gasteiger charge is 2.52. The van der Waals surface area contributed by atoms with Crippen LogP contribution in [0.4, 0.5) is 0 Å². The molecule has 60 heavy (non-hydrogen) atoms. The van der Waals surface area contributed by atoms with Gasteiger partial charge < -0.3 is 45.0 Å². The van der Waals surface area contributed by atoms with Gasteiger partial charge in [-0.15, -0.1) is 0 Å². The number of H-pyrrole nitrogens is 2. The molecule has 6 rings (SSSR count). The maximum atomic E-state index is 13.7. The van der Waals surface area contributed by atoms with Crippen LogP contribution < -0.4 is 0 Å². The molecular formula is C45H50N4O11. The standard InChI is InChI=1S/C45H50N4O11/c1-6-27-23(2)33-16-38-31-10-7-30(39(55)21-53)44(40(56)22-54)45(31,5)41(49-38)18-34-25(4)29(9-12-43(58)60-26(19-51)20-52)37(48-34)17-36-28(8-11-42(57)59-14-13-50)24(3)32(47-36)15-35(27)46-33/h6-7,10,15-18,26,44,46,48,50-54H,1,8-9,11-14,19-22H2,2-5H3/t44-,45+/m0/s1. The van der Waals surface area contributed by atoms with Crippen molar-refractivity contribution in [3.05, 3.63) is 93.6 Å². The van der Waals surface area contributed by atoms with Crippen molar-refractivity contribution in [2.24, 2.45) is 5.92 Å². The molecule has 0 fully saturated rings. The number of hydrogen-bond acceptors (Lipinski definition) is 13. The highest BCUT2D eigenvalue weighted by atomic mass is 16.6. The summed E-state index contributed by atoms with van der Waals surface area (Å²) in [6.45, 7) is 8.32. The number of aliphatic hydroxyl groups excluding tert-OH is 5. The molecular weight excluding hydrogens is 773 g/mol. The number of ether oxygens (including phenoxy) is 2. The first-order chi connectivity index (χ1) is 28.7. The van der Waals surface area contributed by atoms with Gasteiger partial charge >= 0.3 is 11.9 Å². The summed E-state index contributed by atoms with van der Waals surface area (Å²) in [7, 11) is 0. The minimum absolute atomic E-state index is 0.0135. The third kappa shape index (κ3) is 8.18. The maximum Gasteiger partial charge on any atom is 0.306 e. The SMILES string of the molecule is C=Cc1c(C)c2cc3nc(cc4[nH]c(cc5nc(cc1[nH]2)C(C)=C5CCC(=O)OCCO)c(CCC(=O)OC(CO)CO)c4C)[C@@]1(C)C3=CC=C(C(=O)CO)[C@H]1C(=O)CO. The Labute approximate surface area is 345 Å². The molecule has 3 aromatic heterocycles. The third-order valence-electron chi connectivity index (χ3n) is 11.6. The van der Waals surface area contributed by atoms with E-state index >= 15 is 0 Å². The van der Waals surface area contributed by atoms with Crippen LogP contribution in [-0.4, -0.2) is 115 Å². The molecule has 0 unspecified atom stereocenters. The molecule has 0 amide bonds. The zero-order valence-electron chi connectivity index (χ0n) is 34.1. The first-order valence-corrected chi connectivity index (χ1v) is 19.7. The number of ketones is 2. The summed E-state index contributed by atoms with van der Waals surface area (Å²) in [5.74, 6) is -3.63. The Hall–Kier alpha value is -5.84. The maximum absolute atomic E-state index is 13.7. The number of carbonyl (C=O) groups excluding carboxylic acids is 4. The van der Waals surface area contributed by atoms with Gasteiger partial charge in [0.05, 0.1) is 53.9 Å². The van der Waals surface area contributed by atoms with Crippen molar-refractivity contribution in [1.29, 1.82) is 0 Å². The van der Waals surface area contributed by atoms with Crippen LogP contribution in [0.15, 0.2) is 48.6 Å². The van der Waals surface area contributed by atoms with E-state index in [1.807, 2.05) is 39.0 Å². The van der Waals surface area contributed by atoms with Crippen LogP contribution in [0.1, 0.15) is 78.1 Å². The van der Waals surface area contributed by atoms with Crippen LogP contribution in [-0.2, 0) is 40.5 Å². The average molecular weight is 823 g/mol. The lowest BCUT2D eigenvalue weighted by Crippen LogP contribution is -2.43. The quantitative estimate of drug-likeness (QED) is 0.102. The molecule has 3 aliphatic rings. The van der Waals surface area contributed by atoms with Gasteiger partial charge in [-0.2, -0.15) is 0 Å². The van der Waals surface area contributed by atoms with Crippen molar-refractivity contribution in [3.8, 4) is 0 Å². The van der Waals surface area contributed by atoms with E-state index in [-0.39, 0.29) is 44.5 Å². The molecule has 7 N–H and O–H groups in total. The minimum atomic E-state index is -1.29. The Kier molecular flexibility index (Phi) is 13.3. The van der Waals surface area contributed by atoms with Crippen LogP contribution in [0.3, 0.4) is 0 Å². The predicted molar refractivity (Wildman–Crippen MR) is 224 cm³/mol. The minimum Gasteiger partial charge on any atom is -0.463 e. The number of nitrogens with one attached hydrogen (secondary N) is 2. The smallest absolute Gasteiger partial charge is 0.306 e. The van der Waals surface area contributed by atoms with E-state index in [4.69, 9.17) is 19.4 Å². The molecule has 0 radical (unpaired) electrons. The van der Waals surface area contributed by atoms with Gasteiger partial charge in [-0.3, -0.25) is 24.2 Å². The van der Waals surface area contributed by atoms with Crippen molar-refractivity contribution < 1.29 is 54.2 Å². The van der Waals surface area contributed by atoms with Gasteiger partial charge in [0.25, 0.3) is 0 Å². The second-order valence-electron chi connectivity index (χ2n) is 15.2. The molecule has 1 aliphatic carbocycles. The number of Topliss-reactive ketones (excluding diaryl/α,β-unsaturated/α-hetero) is 2. The molecule has 5 heterocycles. The Morgan fingerprint density at radius 3 is 2.15 bits per heavy atom. The fourth-order valence-corrected chi connectivity index (χ4v) is 8.33. The van der Waals surface area contributed by atoms with Crippen molar-refractivity contribution in [1.82, 2.24) is 19.9 Å². The molecule has 2 aliphatic heterocycles. The lowest BCUT2D eigenvalue weighted by molar-refractivity contribution is -0.153. The van der Waals surface area contributed by atoms with Crippen LogP contribution >= 0.6 is 0 Å². The molecule has 316 valence electrons. The van der Waals surface area contributed by atoms with E-state index in [9.17, 15) is 44.7 Å². The predicted octanol–water partition coefficient (Wildman–Crippen LogP) is 3.67. The number of rotatable bonds is 16. The van der Waals surface area contributed by atoms with Gasteiger partial charge in [-0.25, -0.2) is 4.98 Å². The molecule has 3 aromatic rings. The number of aromatic nitrogens is 4. The molecule has 15 nitrogen and oxygen atoms in total. The summed E-state index contributed by atoms with van der Waals surface area (Å²) in [4.78, 5) is 69.7. The Morgan fingerprint density at radius 1 is 0.817 bits per heavy atom. The van der Waals surface area contributed by atoms with Crippen molar-refractivity contribution in [3.63, 3.8) is 0 Å². The van der Waals surface area contributed by atoms with E-state index in [1.165, 1.54) is 6.08 Å². The lowest BCUT2D eigenvalue weighted by Gasteiger charge is -2.37. The third-order valence-corrected chi connectivity index (χ3v) is 11.6. The number of esters is 2. The Bertz CT molecular complexity index is 2520. The van der Waals surface area contributed by atoms with Gasteiger partial charge in [0.1, 0.15) is 25.9 Å². The van der Waals surface area contributed by atoms with Gasteiger partial charge in [0.15, 0.2) is 11.6 Å².